The van der Waals surface area contributed by atoms with Crippen molar-refractivity contribution in [2.24, 2.45) is 5.92 Å². The summed E-state index contributed by atoms with van der Waals surface area (Å²) in [7, 11) is 0. The van der Waals surface area contributed by atoms with Crippen LogP contribution in [0, 0.1) is 11.9 Å². The molecule has 1 atom stereocenters. The minimum Gasteiger partial charge on any atom is -0.294 e. The van der Waals surface area contributed by atoms with Crippen LogP contribution in [0.5, 0.6) is 0 Å². The van der Waals surface area contributed by atoms with E-state index in [-0.39, 0.29) is 17.3 Å². The second kappa shape index (κ2) is 5.59. The number of rotatable bonds is 5. The molecule has 0 saturated carbocycles. The predicted molar refractivity (Wildman–Crippen MR) is 57.2 cm³/mol. The molecule has 15 heavy (non-hydrogen) atoms. The minimum absolute atomic E-state index is 0.0753. The predicted octanol–water partition coefficient (Wildman–Crippen LogP) is 3.23. The Bertz CT molecular complexity index is 338. The smallest absolute Gasteiger partial charge is 0.223 e. The summed E-state index contributed by atoms with van der Waals surface area (Å²) in [5, 5.41) is 0. The molecule has 0 amide bonds. The average Bonchev–Trinajstić information content (AvgIpc) is 2.25. The van der Waals surface area contributed by atoms with Gasteiger partial charge in [0, 0.05) is 12.1 Å². The molecule has 1 rings (SSSR count). The summed E-state index contributed by atoms with van der Waals surface area (Å²) in [6.45, 7) is 3.97. The normalized spacial score (nSPS) is 12.5. The number of Topliss-reactive ketones (excluding diaryl/α,β-unsaturated/α-hetero) is 1. The lowest BCUT2D eigenvalue weighted by Gasteiger charge is -2.12. The van der Waals surface area contributed by atoms with E-state index in [2.05, 4.69) is 4.98 Å². The highest BCUT2D eigenvalue weighted by Crippen LogP contribution is 2.18. The van der Waals surface area contributed by atoms with E-state index >= 15 is 0 Å². The summed E-state index contributed by atoms with van der Waals surface area (Å²) in [5.74, 6) is -0.851. The van der Waals surface area contributed by atoms with Gasteiger partial charge in [-0.2, -0.15) is 4.39 Å². The van der Waals surface area contributed by atoms with Gasteiger partial charge in [0.2, 0.25) is 5.95 Å². The van der Waals surface area contributed by atoms with E-state index in [0.29, 0.717) is 0 Å². The van der Waals surface area contributed by atoms with Gasteiger partial charge in [0.25, 0.3) is 0 Å². The van der Waals surface area contributed by atoms with Crippen LogP contribution in [0.2, 0.25) is 0 Å². The zero-order chi connectivity index (χ0) is 11.3. The average molecular weight is 209 g/mol. The third-order valence-corrected chi connectivity index (χ3v) is 2.53. The van der Waals surface area contributed by atoms with Gasteiger partial charge >= 0.3 is 0 Å². The fourth-order valence-electron chi connectivity index (χ4n) is 1.66. The summed E-state index contributed by atoms with van der Waals surface area (Å²) < 4.78 is 13.2. The number of nitrogens with zero attached hydrogens (tertiary/aromatic N) is 1. The van der Waals surface area contributed by atoms with E-state index in [0.717, 1.165) is 19.3 Å². The SMILES string of the molecule is CCCC(CC)C(=O)c1cccnc1F. The fraction of sp³-hybridized carbons (Fsp3) is 0.500. The molecule has 0 saturated heterocycles. The molecule has 2 nitrogen and oxygen atoms in total. The molecule has 1 aromatic rings. The highest BCUT2D eigenvalue weighted by molar-refractivity contribution is 5.97. The van der Waals surface area contributed by atoms with Crippen molar-refractivity contribution in [3.63, 3.8) is 0 Å². The largest absolute Gasteiger partial charge is 0.294 e. The van der Waals surface area contributed by atoms with Gasteiger partial charge in [0.15, 0.2) is 5.78 Å². The number of carbonyl (C=O) groups is 1. The Labute approximate surface area is 89.5 Å². The zero-order valence-electron chi connectivity index (χ0n) is 9.16. The lowest BCUT2D eigenvalue weighted by atomic mass is 9.92. The topological polar surface area (TPSA) is 30.0 Å². The molecule has 0 fully saturated rings. The van der Waals surface area contributed by atoms with Gasteiger partial charge in [-0.25, -0.2) is 4.98 Å². The summed E-state index contributed by atoms with van der Waals surface area (Å²) in [5.41, 5.74) is 0.123. The number of aromatic nitrogens is 1. The van der Waals surface area contributed by atoms with Crippen LogP contribution >= 0.6 is 0 Å². The Kier molecular flexibility index (Phi) is 4.40. The highest BCUT2D eigenvalue weighted by atomic mass is 19.1. The Morgan fingerprint density at radius 3 is 2.80 bits per heavy atom. The first-order valence-electron chi connectivity index (χ1n) is 5.35. The van der Waals surface area contributed by atoms with E-state index < -0.39 is 5.95 Å². The van der Waals surface area contributed by atoms with Crippen molar-refractivity contribution in [2.75, 3.05) is 0 Å². The quantitative estimate of drug-likeness (QED) is 0.550. The van der Waals surface area contributed by atoms with Crippen LogP contribution in [0.1, 0.15) is 43.5 Å². The Morgan fingerprint density at radius 2 is 2.27 bits per heavy atom. The Morgan fingerprint density at radius 1 is 1.53 bits per heavy atom. The maximum absolute atomic E-state index is 13.2. The van der Waals surface area contributed by atoms with Crippen LogP contribution in [0.3, 0.4) is 0 Å². The molecule has 0 aliphatic carbocycles. The number of ketones is 1. The Balaban J connectivity index is 2.88. The monoisotopic (exact) mass is 209 g/mol. The van der Waals surface area contributed by atoms with Gasteiger partial charge in [-0.05, 0) is 25.0 Å². The minimum atomic E-state index is -0.656. The number of carbonyl (C=O) groups excluding carboxylic acids is 1. The fourth-order valence-corrected chi connectivity index (χ4v) is 1.66. The molecular weight excluding hydrogens is 193 g/mol. The molecule has 0 spiro atoms. The number of pyridine rings is 1. The van der Waals surface area contributed by atoms with Gasteiger partial charge < -0.3 is 0 Å². The first-order valence-corrected chi connectivity index (χ1v) is 5.35. The number of halogens is 1. The van der Waals surface area contributed by atoms with Gasteiger partial charge in [0.1, 0.15) is 0 Å². The molecule has 3 heteroatoms. The standard InChI is InChI=1S/C12H16FNO/c1-3-6-9(4-2)11(15)10-7-5-8-14-12(10)13/h5,7-9H,3-4,6H2,1-2H3. The van der Waals surface area contributed by atoms with E-state index in [1.165, 1.54) is 12.3 Å². The zero-order valence-corrected chi connectivity index (χ0v) is 9.16. The Hall–Kier alpha value is -1.25. The van der Waals surface area contributed by atoms with Crippen molar-refractivity contribution >= 4 is 5.78 Å². The lowest BCUT2D eigenvalue weighted by molar-refractivity contribution is 0.0904. The van der Waals surface area contributed by atoms with Crippen LogP contribution in [0.15, 0.2) is 18.3 Å². The third kappa shape index (κ3) is 2.85. The molecular formula is C12H16FNO. The lowest BCUT2D eigenvalue weighted by Crippen LogP contribution is -2.15. The molecule has 0 aliphatic rings. The molecule has 0 radical (unpaired) electrons. The molecule has 1 unspecified atom stereocenters. The summed E-state index contributed by atoms with van der Waals surface area (Å²) in [4.78, 5) is 15.4. The highest BCUT2D eigenvalue weighted by Gasteiger charge is 2.20. The first-order chi connectivity index (χ1) is 7.20. The van der Waals surface area contributed by atoms with E-state index in [1.807, 2.05) is 13.8 Å². The second-order valence-corrected chi connectivity index (χ2v) is 3.60. The number of hydrogen-bond acceptors (Lipinski definition) is 2. The maximum atomic E-state index is 13.2. The molecule has 1 heterocycles. The second-order valence-electron chi connectivity index (χ2n) is 3.60. The summed E-state index contributed by atoms with van der Waals surface area (Å²) >= 11 is 0. The molecule has 0 N–H and O–H groups in total. The van der Waals surface area contributed by atoms with Crippen LogP contribution < -0.4 is 0 Å². The van der Waals surface area contributed by atoms with Crippen molar-refractivity contribution in [1.29, 1.82) is 0 Å². The van der Waals surface area contributed by atoms with E-state index in [9.17, 15) is 9.18 Å². The van der Waals surface area contributed by atoms with Gasteiger partial charge in [-0.15, -0.1) is 0 Å². The van der Waals surface area contributed by atoms with Gasteiger partial charge in [-0.1, -0.05) is 20.3 Å². The van der Waals surface area contributed by atoms with Crippen molar-refractivity contribution in [2.45, 2.75) is 33.1 Å². The molecule has 0 aromatic carbocycles. The van der Waals surface area contributed by atoms with Gasteiger partial charge in [0.05, 0.1) is 5.56 Å². The van der Waals surface area contributed by atoms with Crippen molar-refractivity contribution in [3.05, 3.63) is 29.8 Å². The van der Waals surface area contributed by atoms with Crippen LogP contribution in [0.25, 0.3) is 0 Å². The van der Waals surface area contributed by atoms with E-state index in [1.54, 1.807) is 6.07 Å². The van der Waals surface area contributed by atoms with Crippen LogP contribution in [-0.4, -0.2) is 10.8 Å². The van der Waals surface area contributed by atoms with E-state index in [4.69, 9.17) is 0 Å². The summed E-state index contributed by atoms with van der Waals surface area (Å²) in [6.07, 6.45) is 3.85. The summed E-state index contributed by atoms with van der Waals surface area (Å²) in [6, 6.07) is 3.10. The molecule has 0 aliphatic heterocycles. The third-order valence-electron chi connectivity index (χ3n) is 2.53. The molecule has 0 bridgehead atoms. The van der Waals surface area contributed by atoms with Crippen molar-refractivity contribution < 1.29 is 9.18 Å². The van der Waals surface area contributed by atoms with Crippen molar-refractivity contribution in [3.8, 4) is 0 Å². The van der Waals surface area contributed by atoms with Crippen LogP contribution in [-0.2, 0) is 0 Å². The molecule has 1 aromatic heterocycles. The van der Waals surface area contributed by atoms with Gasteiger partial charge in [-0.3, -0.25) is 4.79 Å². The van der Waals surface area contributed by atoms with Crippen molar-refractivity contribution in [1.82, 2.24) is 4.98 Å². The molecule has 82 valence electrons. The van der Waals surface area contributed by atoms with Crippen LogP contribution in [0.4, 0.5) is 4.39 Å². The first kappa shape index (κ1) is 11.8. The maximum Gasteiger partial charge on any atom is 0.223 e. The number of hydrogen-bond donors (Lipinski definition) is 0.